The number of halogens is 6. The van der Waals surface area contributed by atoms with Gasteiger partial charge in [-0.3, -0.25) is 0 Å². The zero-order valence-electron chi connectivity index (χ0n) is 9.55. The molecular formula is C12H5F6N2. The van der Waals surface area contributed by atoms with Crippen molar-refractivity contribution >= 4 is 0 Å². The number of nitrogens with zero attached hydrogens (tertiary/aromatic N) is 2. The van der Waals surface area contributed by atoms with Crippen molar-refractivity contribution in [1.29, 1.82) is 0 Å². The third-order valence-electron chi connectivity index (χ3n) is 2.41. The summed E-state index contributed by atoms with van der Waals surface area (Å²) in [5.74, 6) is 0. The van der Waals surface area contributed by atoms with E-state index in [2.05, 4.69) is 16.4 Å². The summed E-state index contributed by atoms with van der Waals surface area (Å²) >= 11 is 0. The monoisotopic (exact) mass is 291 g/mol. The Kier molecular flexibility index (Phi) is 3.41. The smallest absolute Gasteiger partial charge is 0.166 e. The molecule has 0 saturated heterocycles. The maximum atomic E-state index is 12.6. The van der Waals surface area contributed by atoms with E-state index < -0.39 is 23.5 Å². The van der Waals surface area contributed by atoms with Crippen LogP contribution in [0.4, 0.5) is 26.3 Å². The van der Waals surface area contributed by atoms with Gasteiger partial charge in [0.2, 0.25) is 0 Å². The lowest BCUT2D eigenvalue weighted by Gasteiger charge is -2.13. The van der Waals surface area contributed by atoms with E-state index >= 15 is 0 Å². The van der Waals surface area contributed by atoms with E-state index in [4.69, 9.17) is 0 Å². The highest BCUT2D eigenvalue weighted by Crippen LogP contribution is 2.38. The lowest BCUT2D eigenvalue weighted by molar-refractivity contribution is -0.143. The summed E-state index contributed by atoms with van der Waals surface area (Å²) in [5.41, 5.74) is -3.19. The summed E-state index contributed by atoms with van der Waals surface area (Å²) in [6, 6.07) is 3.73. The molecule has 1 aromatic carbocycles. The quantitative estimate of drug-likeness (QED) is 0.743. The second kappa shape index (κ2) is 4.77. The van der Waals surface area contributed by atoms with Crippen LogP contribution in [-0.2, 0) is 12.4 Å². The lowest BCUT2D eigenvalue weighted by atomic mass is 10.0. The number of rotatable bonds is 1. The zero-order valence-corrected chi connectivity index (χ0v) is 9.55. The minimum atomic E-state index is -4.88. The molecule has 2 nitrogen and oxygen atoms in total. The van der Waals surface area contributed by atoms with Gasteiger partial charge in [0.25, 0.3) is 0 Å². The first-order valence-electron chi connectivity index (χ1n) is 5.17. The fourth-order valence-electron chi connectivity index (χ4n) is 1.52. The van der Waals surface area contributed by atoms with Crippen LogP contribution in [0, 0.1) is 6.20 Å². The predicted molar refractivity (Wildman–Crippen MR) is 56.3 cm³/mol. The summed E-state index contributed by atoms with van der Waals surface area (Å²) < 4.78 is 75.9. The van der Waals surface area contributed by atoms with Crippen LogP contribution in [0.3, 0.4) is 0 Å². The Morgan fingerprint density at radius 2 is 1.40 bits per heavy atom. The van der Waals surface area contributed by atoms with Gasteiger partial charge in [-0.2, -0.15) is 26.3 Å². The SMILES string of the molecule is FC(F)(F)c1cc(-c2cc[c]nn2)cc(C(F)(F)F)c1. The Bertz CT molecular complexity index is 571. The molecule has 0 unspecified atom stereocenters. The van der Waals surface area contributed by atoms with Crippen molar-refractivity contribution in [3.63, 3.8) is 0 Å². The van der Waals surface area contributed by atoms with Crippen molar-refractivity contribution < 1.29 is 26.3 Å². The molecule has 0 atom stereocenters. The Morgan fingerprint density at radius 3 is 1.80 bits per heavy atom. The third kappa shape index (κ3) is 3.06. The van der Waals surface area contributed by atoms with Crippen molar-refractivity contribution in [3.05, 3.63) is 47.7 Å². The molecule has 0 aliphatic heterocycles. The molecule has 1 heterocycles. The Labute approximate surface area is 109 Å². The van der Waals surface area contributed by atoms with Crippen molar-refractivity contribution in [2.24, 2.45) is 0 Å². The average molecular weight is 291 g/mol. The van der Waals surface area contributed by atoms with Crippen LogP contribution in [-0.4, -0.2) is 10.2 Å². The minimum absolute atomic E-state index is 0.0615. The molecule has 8 heteroatoms. The fourth-order valence-corrected chi connectivity index (χ4v) is 1.52. The van der Waals surface area contributed by atoms with Crippen LogP contribution in [0.15, 0.2) is 30.3 Å². The largest absolute Gasteiger partial charge is 0.416 e. The lowest BCUT2D eigenvalue weighted by Crippen LogP contribution is -2.11. The second-order valence-electron chi connectivity index (χ2n) is 3.84. The fraction of sp³-hybridized carbons (Fsp3) is 0.167. The summed E-state index contributed by atoms with van der Waals surface area (Å²) in [5, 5.41) is 6.76. The van der Waals surface area contributed by atoms with Crippen LogP contribution in [0.1, 0.15) is 11.1 Å². The second-order valence-corrected chi connectivity index (χ2v) is 3.84. The van der Waals surface area contributed by atoms with E-state index in [1.165, 1.54) is 12.1 Å². The Morgan fingerprint density at radius 1 is 0.850 bits per heavy atom. The van der Waals surface area contributed by atoms with E-state index in [1.807, 2.05) is 0 Å². The van der Waals surface area contributed by atoms with Gasteiger partial charge in [-0.05, 0) is 30.3 Å². The molecule has 0 N–H and O–H groups in total. The van der Waals surface area contributed by atoms with Crippen molar-refractivity contribution in [3.8, 4) is 11.3 Å². The highest BCUT2D eigenvalue weighted by atomic mass is 19.4. The number of alkyl halides is 6. The van der Waals surface area contributed by atoms with Crippen molar-refractivity contribution in [1.82, 2.24) is 10.2 Å². The van der Waals surface area contributed by atoms with Crippen LogP contribution in [0.25, 0.3) is 11.3 Å². The number of hydrogen-bond acceptors (Lipinski definition) is 2. The molecule has 1 radical (unpaired) electrons. The topological polar surface area (TPSA) is 25.8 Å². The van der Waals surface area contributed by atoms with Crippen molar-refractivity contribution in [2.75, 3.05) is 0 Å². The van der Waals surface area contributed by atoms with E-state index in [0.717, 1.165) is 0 Å². The molecule has 1 aromatic heterocycles. The molecule has 20 heavy (non-hydrogen) atoms. The van der Waals surface area contributed by atoms with E-state index in [0.29, 0.717) is 12.1 Å². The molecule has 0 saturated carbocycles. The van der Waals surface area contributed by atoms with Gasteiger partial charge >= 0.3 is 12.4 Å². The predicted octanol–water partition coefficient (Wildman–Crippen LogP) is 3.98. The third-order valence-corrected chi connectivity index (χ3v) is 2.41. The van der Waals surface area contributed by atoms with Gasteiger partial charge in [0.15, 0.2) is 0 Å². The van der Waals surface area contributed by atoms with Gasteiger partial charge in [-0.1, -0.05) is 0 Å². The summed E-state index contributed by atoms with van der Waals surface area (Å²) in [6.07, 6.45) is -7.48. The van der Waals surface area contributed by atoms with Crippen LogP contribution < -0.4 is 0 Å². The summed E-state index contributed by atoms with van der Waals surface area (Å²) in [6.45, 7) is 0. The Balaban J connectivity index is 2.64. The van der Waals surface area contributed by atoms with Gasteiger partial charge in [-0.15, -0.1) is 10.2 Å². The van der Waals surface area contributed by atoms with Crippen LogP contribution in [0.5, 0.6) is 0 Å². The van der Waals surface area contributed by atoms with Crippen LogP contribution in [0.2, 0.25) is 0 Å². The van der Waals surface area contributed by atoms with E-state index in [9.17, 15) is 26.3 Å². The molecule has 0 fully saturated rings. The number of benzene rings is 1. The first-order valence-corrected chi connectivity index (χ1v) is 5.17. The molecule has 2 aromatic rings. The van der Waals surface area contributed by atoms with Gasteiger partial charge in [0.1, 0.15) is 6.20 Å². The minimum Gasteiger partial charge on any atom is -0.166 e. The normalized spacial score (nSPS) is 12.5. The number of hydrogen-bond donors (Lipinski definition) is 0. The average Bonchev–Trinajstić information content (AvgIpc) is 2.37. The molecule has 0 aliphatic carbocycles. The highest BCUT2D eigenvalue weighted by Gasteiger charge is 2.37. The number of aromatic nitrogens is 2. The molecule has 0 aliphatic rings. The maximum absolute atomic E-state index is 12.6. The summed E-state index contributed by atoms with van der Waals surface area (Å²) in [4.78, 5) is 0. The van der Waals surface area contributed by atoms with Crippen molar-refractivity contribution in [2.45, 2.75) is 12.4 Å². The maximum Gasteiger partial charge on any atom is 0.416 e. The Hall–Kier alpha value is -2.12. The molecular weight excluding hydrogens is 286 g/mol. The summed E-state index contributed by atoms with van der Waals surface area (Å²) in [7, 11) is 0. The van der Waals surface area contributed by atoms with E-state index in [-0.39, 0.29) is 17.3 Å². The van der Waals surface area contributed by atoms with Gasteiger partial charge < -0.3 is 0 Å². The zero-order chi connectivity index (χ0) is 15.0. The highest BCUT2D eigenvalue weighted by molar-refractivity contribution is 5.61. The molecule has 2 rings (SSSR count). The van der Waals surface area contributed by atoms with Crippen LogP contribution >= 0.6 is 0 Å². The first-order chi connectivity index (χ1) is 9.18. The van der Waals surface area contributed by atoms with Gasteiger partial charge in [-0.25, -0.2) is 0 Å². The standard InChI is InChI=1S/C12H5F6N2/c13-11(14,15)8-4-7(10-2-1-3-19-20-10)5-9(6-8)12(16,17)18/h1-2,4-6H. The van der Waals surface area contributed by atoms with E-state index in [1.54, 1.807) is 0 Å². The molecule has 0 amide bonds. The first kappa shape index (κ1) is 14.3. The molecule has 0 bridgehead atoms. The molecule has 0 spiro atoms. The van der Waals surface area contributed by atoms with Gasteiger partial charge in [0, 0.05) is 5.56 Å². The van der Waals surface area contributed by atoms with Gasteiger partial charge in [0.05, 0.1) is 16.8 Å². The molecule has 105 valence electrons.